The van der Waals surface area contributed by atoms with Crippen LogP contribution >= 0.6 is 0 Å². The van der Waals surface area contributed by atoms with Gasteiger partial charge in [-0.05, 0) is 84.9 Å². The molecule has 5 aliphatic rings. The van der Waals surface area contributed by atoms with Gasteiger partial charge in [-0.1, -0.05) is 60.7 Å². The molecule has 8 rings (SSSR count). The number of nitrogens with zero attached hydrogens (tertiary/aromatic N) is 1. The quantitative estimate of drug-likeness (QED) is 0.313. The zero-order valence-corrected chi connectivity index (χ0v) is 22.6. The van der Waals surface area contributed by atoms with Crippen molar-refractivity contribution in [1.29, 1.82) is 0 Å². The number of rotatable bonds is 7. The molecule has 1 aliphatic heterocycles. The minimum absolute atomic E-state index is 0.117. The average Bonchev–Trinajstić information content (AvgIpc) is 3.74. The summed E-state index contributed by atoms with van der Waals surface area (Å²) < 4.78 is 6.11. The van der Waals surface area contributed by atoms with Gasteiger partial charge < -0.3 is 10.1 Å². The van der Waals surface area contributed by atoms with Gasteiger partial charge in [0.05, 0.1) is 11.8 Å². The van der Waals surface area contributed by atoms with Crippen molar-refractivity contribution in [3.05, 3.63) is 102 Å². The van der Waals surface area contributed by atoms with Crippen LogP contribution in [-0.2, 0) is 20.8 Å². The number of hydrogen-bond donors (Lipinski definition) is 1. The molecule has 2 saturated carbocycles. The number of hydrogen-bond acceptors (Lipinski definition) is 4. The van der Waals surface area contributed by atoms with Crippen molar-refractivity contribution in [3.63, 3.8) is 0 Å². The molecule has 1 saturated heterocycles. The highest BCUT2D eigenvalue weighted by Gasteiger charge is 2.67. The Morgan fingerprint density at radius 1 is 0.850 bits per heavy atom. The van der Waals surface area contributed by atoms with Gasteiger partial charge in [0.2, 0.25) is 17.7 Å². The van der Waals surface area contributed by atoms with Crippen LogP contribution in [0.1, 0.15) is 23.1 Å². The molecule has 0 spiro atoms. The summed E-state index contributed by atoms with van der Waals surface area (Å²) in [5.74, 6) is 1.33. The van der Waals surface area contributed by atoms with Gasteiger partial charge in [0, 0.05) is 12.1 Å². The number of carbonyl (C=O) groups excluding carboxylic acids is 3. The highest BCUT2D eigenvalue weighted by molar-refractivity contribution is 6.10. The molecule has 3 aromatic rings. The van der Waals surface area contributed by atoms with Crippen molar-refractivity contribution in [2.45, 2.75) is 32.7 Å². The Bertz CT molecular complexity index is 1470. The Balaban J connectivity index is 1.13. The second-order valence-corrected chi connectivity index (χ2v) is 11.7. The molecule has 1 N–H and O–H groups in total. The van der Waals surface area contributed by atoms with Crippen molar-refractivity contribution in [2.24, 2.45) is 35.5 Å². The molecule has 3 fully saturated rings. The molecule has 3 amide bonds. The van der Waals surface area contributed by atoms with Crippen molar-refractivity contribution in [2.75, 3.05) is 5.32 Å². The van der Waals surface area contributed by atoms with E-state index >= 15 is 0 Å². The van der Waals surface area contributed by atoms with Gasteiger partial charge in [0.1, 0.15) is 17.5 Å². The Morgan fingerprint density at radius 3 is 2.05 bits per heavy atom. The first kappa shape index (κ1) is 24.8. The maximum Gasteiger partial charge on any atom is 0.248 e. The average molecular weight is 533 g/mol. The molecule has 0 aromatic heterocycles. The Kier molecular flexibility index (Phi) is 5.88. The Morgan fingerprint density at radius 2 is 1.45 bits per heavy atom. The molecule has 202 valence electrons. The van der Waals surface area contributed by atoms with Crippen LogP contribution in [0.15, 0.2) is 84.9 Å². The van der Waals surface area contributed by atoms with Crippen LogP contribution in [0, 0.1) is 49.4 Å². The summed E-state index contributed by atoms with van der Waals surface area (Å²) >= 11 is 0. The Labute approximate surface area is 234 Å². The lowest BCUT2D eigenvalue weighted by atomic mass is 9.63. The van der Waals surface area contributed by atoms with Crippen LogP contribution in [-0.4, -0.2) is 28.7 Å². The summed E-state index contributed by atoms with van der Waals surface area (Å²) in [5.41, 5.74) is 3.57. The van der Waals surface area contributed by atoms with Gasteiger partial charge in [-0.3, -0.25) is 19.3 Å². The summed E-state index contributed by atoms with van der Waals surface area (Å²) in [6.07, 6.45) is 5.69. The molecule has 2 bridgehead atoms. The van der Waals surface area contributed by atoms with Gasteiger partial charge in [-0.15, -0.1) is 0 Å². The molecule has 6 heteroatoms. The van der Waals surface area contributed by atoms with Crippen LogP contribution in [0.5, 0.6) is 11.5 Å². The van der Waals surface area contributed by atoms with Crippen LogP contribution in [0.4, 0.5) is 5.69 Å². The van der Waals surface area contributed by atoms with Crippen LogP contribution in [0.3, 0.4) is 0 Å². The first-order valence-corrected chi connectivity index (χ1v) is 14.1. The number of benzene rings is 3. The minimum atomic E-state index is -0.922. The molecule has 40 heavy (non-hydrogen) atoms. The first-order chi connectivity index (χ1) is 19.4. The van der Waals surface area contributed by atoms with E-state index in [0.717, 1.165) is 28.9 Å². The van der Waals surface area contributed by atoms with Crippen molar-refractivity contribution >= 4 is 23.4 Å². The zero-order chi connectivity index (χ0) is 27.5. The monoisotopic (exact) mass is 532 g/mol. The number of nitrogens with one attached hydrogen (secondary N) is 1. The van der Waals surface area contributed by atoms with Crippen LogP contribution in [0.25, 0.3) is 0 Å². The van der Waals surface area contributed by atoms with Crippen molar-refractivity contribution in [1.82, 2.24) is 4.90 Å². The van der Waals surface area contributed by atoms with E-state index < -0.39 is 6.04 Å². The van der Waals surface area contributed by atoms with E-state index in [1.54, 1.807) is 12.1 Å². The van der Waals surface area contributed by atoms with Crippen LogP contribution in [0.2, 0.25) is 0 Å². The van der Waals surface area contributed by atoms with E-state index in [-0.39, 0.29) is 47.8 Å². The predicted molar refractivity (Wildman–Crippen MR) is 152 cm³/mol. The standard InChI is InChI=1S/C34H32N2O4/c1-19-7-6-8-20(2)31(19)40-23-13-11-22(12-14-23)35-32(37)28(17-21-9-4-3-5-10-21)36-33(38)29-24-15-16-25(27-18-26(24)27)30(29)34(36)39/h3-16,24-30H,17-18H2,1-2H3,(H,35,37)/t24-,25-,26-,27-,28-,29+,30+/m0/s1. The molecule has 7 atom stereocenters. The molecule has 0 radical (unpaired) electrons. The minimum Gasteiger partial charge on any atom is -0.457 e. The highest BCUT2D eigenvalue weighted by atomic mass is 16.5. The number of allylic oxidation sites excluding steroid dienone is 2. The molecule has 6 nitrogen and oxygen atoms in total. The van der Waals surface area contributed by atoms with E-state index in [1.165, 1.54) is 4.90 Å². The van der Waals surface area contributed by atoms with Gasteiger partial charge in [-0.2, -0.15) is 0 Å². The van der Waals surface area contributed by atoms with Crippen molar-refractivity contribution < 1.29 is 19.1 Å². The largest absolute Gasteiger partial charge is 0.457 e. The molecule has 3 aromatic carbocycles. The topological polar surface area (TPSA) is 75.7 Å². The lowest BCUT2D eigenvalue weighted by molar-refractivity contribution is -0.146. The fourth-order valence-corrected chi connectivity index (χ4v) is 7.34. The third-order valence-corrected chi connectivity index (χ3v) is 9.33. The molecule has 1 heterocycles. The highest BCUT2D eigenvalue weighted by Crippen LogP contribution is 2.65. The lowest BCUT2D eigenvalue weighted by Gasteiger charge is -2.37. The maximum atomic E-state index is 13.8. The van der Waals surface area contributed by atoms with Crippen LogP contribution < -0.4 is 10.1 Å². The number of anilines is 1. The maximum absolute atomic E-state index is 13.8. The number of imide groups is 1. The molecule has 4 aliphatic carbocycles. The summed E-state index contributed by atoms with van der Waals surface area (Å²) in [7, 11) is 0. The van der Waals surface area contributed by atoms with E-state index in [4.69, 9.17) is 4.74 Å². The third kappa shape index (κ3) is 4.05. The van der Waals surface area contributed by atoms with Gasteiger partial charge in [0.25, 0.3) is 0 Å². The lowest BCUT2D eigenvalue weighted by Crippen LogP contribution is -2.49. The number of carbonyl (C=O) groups is 3. The van der Waals surface area contributed by atoms with Gasteiger partial charge in [-0.25, -0.2) is 0 Å². The van der Waals surface area contributed by atoms with E-state index in [0.29, 0.717) is 23.3 Å². The summed E-state index contributed by atoms with van der Waals surface area (Å²) in [6.45, 7) is 4.01. The fraction of sp³-hybridized carbons (Fsp3) is 0.324. The summed E-state index contributed by atoms with van der Waals surface area (Å²) in [4.78, 5) is 42.8. The van der Waals surface area contributed by atoms with E-state index in [2.05, 4.69) is 17.5 Å². The van der Waals surface area contributed by atoms with Gasteiger partial charge >= 0.3 is 0 Å². The normalized spacial score (nSPS) is 28.2. The molecular formula is C34H32N2O4. The summed E-state index contributed by atoms with van der Waals surface area (Å²) in [6, 6.07) is 21.9. The second-order valence-electron chi connectivity index (χ2n) is 11.7. The molecular weight excluding hydrogens is 500 g/mol. The SMILES string of the molecule is Cc1cccc(C)c1Oc1ccc(NC(=O)[C@H](Cc2ccccc2)N2C(=O)[C@@H]3[C@H]4C=C[C@@H]([C@@H]5C[C@@H]45)[C@H]3C2=O)cc1. The van der Waals surface area contributed by atoms with Gasteiger partial charge in [0.15, 0.2) is 0 Å². The summed E-state index contributed by atoms with van der Waals surface area (Å²) in [5, 5.41) is 2.97. The third-order valence-electron chi connectivity index (χ3n) is 9.33. The molecule has 0 unspecified atom stereocenters. The van der Waals surface area contributed by atoms with E-state index in [1.807, 2.05) is 74.5 Å². The number of para-hydroxylation sites is 1. The fourth-order valence-electron chi connectivity index (χ4n) is 7.34. The Hall–Kier alpha value is -4.19. The number of amides is 3. The number of likely N-dealkylation sites (tertiary alicyclic amines) is 1. The van der Waals surface area contributed by atoms with Crippen molar-refractivity contribution in [3.8, 4) is 11.5 Å². The first-order valence-electron chi connectivity index (χ1n) is 14.1. The second kappa shape index (κ2) is 9.47. The number of ether oxygens (including phenoxy) is 1. The van der Waals surface area contributed by atoms with E-state index in [9.17, 15) is 14.4 Å². The smallest absolute Gasteiger partial charge is 0.248 e. The zero-order valence-electron chi connectivity index (χ0n) is 22.6. The number of aryl methyl sites for hydroxylation is 2. The predicted octanol–water partition coefficient (Wildman–Crippen LogP) is 5.70.